The maximum atomic E-state index is 12.2. The van der Waals surface area contributed by atoms with Gasteiger partial charge >= 0.3 is 5.16 Å². The number of morpholine rings is 1. The van der Waals surface area contributed by atoms with Crippen LogP contribution >= 0.6 is 0 Å². The summed E-state index contributed by atoms with van der Waals surface area (Å²) in [5.74, 6) is 0.451. The van der Waals surface area contributed by atoms with Crippen molar-refractivity contribution in [1.29, 1.82) is 0 Å². The summed E-state index contributed by atoms with van der Waals surface area (Å²) in [4.78, 5) is 11.4. The normalized spacial score (nSPS) is 22.2. The molecule has 6 nitrogen and oxygen atoms in total. The molecule has 3 heterocycles. The van der Waals surface area contributed by atoms with Gasteiger partial charge in [0.25, 0.3) is 0 Å². The third-order valence-corrected chi connectivity index (χ3v) is 4.09. The fourth-order valence-corrected chi connectivity index (χ4v) is 3.03. The van der Waals surface area contributed by atoms with Crippen LogP contribution in [0.2, 0.25) is 0 Å². The van der Waals surface area contributed by atoms with Gasteiger partial charge in [-0.2, -0.15) is 4.98 Å². The van der Waals surface area contributed by atoms with Crippen molar-refractivity contribution in [3.63, 3.8) is 0 Å². The number of nitrogens with one attached hydrogen (secondary N) is 2. The summed E-state index contributed by atoms with van der Waals surface area (Å²) in [6.07, 6.45) is 1.66. The molecule has 0 radical (unpaired) electrons. The van der Waals surface area contributed by atoms with E-state index in [1.54, 1.807) is 6.20 Å². The van der Waals surface area contributed by atoms with Crippen LogP contribution in [0.25, 0.3) is 11.2 Å². The molecule has 0 amide bonds. The lowest BCUT2D eigenvalue weighted by molar-refractivity contribution is 0.0429. The molecular weight excluding hydrogens is 252 g/mol. The van der Waals surface area contributed by atoms with Crippen molar-refractivity contribution in [3.05, 3.63) is 18.3 Å². The van der Waals surface area contributed by atoms with Crippen molar-refractivity contribution < 1.29 is 9.29 Å². The van der Waals surface area contributed by atoms with E-state index in [2.05, 4.69) is 20.3 Å². The molecule has 0 aliphatic carbocycles. The molecular formula is C11H14N4O2S. The molecule has 3 rings (SSSR count). The van der Waals surface area contributed by atoms with Gasteiger partial charge < -0.3 is 14.6 Å². The average Bonchev–Trinajstić information content (AvgIpc) is 2.84. The number of hydrogen-bond acceptors (Lipinski definition) is 5. The second-order valence-electron chi connectivity index (χ2n) is 4.13. The van der Waals surface area contributed by atoms with E-state index in [-0.39, 0.29) is 6.10 Å². The zero-order valence-electron chi connectivity index (χ0n) is 9.76. The van der Waals surface area contributed by atoms with Gasteiger partial charge in [-0.25, -0.2) is 4.98 Å². The predicted octanol–water partition coefficient (Wildman–Crippen LogP) is 0.0539. The standard InChI is InChI=1S/C11H14N4O2S/c16-18(7-8-6-12-4-5-17-8)11-14-9-2-1-3-13-10(9)15-11/h1-3,8,12H,4-7H2,(H,13,14,15). The van der Waals surface area contributed by atoms with E-state index in [9.17, 15) is 4.55 Å². The molecule has 0 spiro atoms. The summed E-state index contributed by atoms with van der Waals surface area (Å²) >= 11 is -1.19. The van der Waals surface area contributed by atoms with Gasteiger partial charge in [0.15, 0.2) is 5.65 Å². The van der Waals surface area contributed by atoms with Gasteiger partial charge in [-0.15, -0.1) is 0 Å². The molecule has 7 heteroatoms. The average molecular weight is 266 g/mol. The zero-order valence-corrected chi connectivity index (χ0v) is 10.6. The Labute approximate surface area is 107 Å². The van der Waals surface area contributed by atoms with Gasteiger partial charge in [-0.3, -0.25) is 4.98 Å². The predicted molar refractivity (Wildman–Crippen MR) is 67.8 cm³/mol. The minimum Gasteiger partial charge on any atom is -0.609 e. The van der Waals surface area contributed by atoms with E-state index >= 15 is 0 Å². The second kappa shape index (κ2) is 5.23. The Morgan fingerprint density at radius 3 is 3.28 bits per heavy atom. The number of aromatic nitrogens is 3. The Morgan fingerprint density at radius 2 is 2.50 bits per heavy atom. The quantitative estimate of drug-likeness (QED) is 0.767. The maximum Gasteiger partial charge on any atom is 0.323 e. The Balaban J connectivity index is 1.72. The first kappa shape index (κ1) is 11.9. The number of H-pyrrole nitrogens is 1. The SMILES string of the molecule is [O-][S+](CC1CNCCO1)c1nc2ncccc2[nH]1. The molecule has 2 atom stereocenters. The van der Waals surface area contributed by atoms with Crippen molar-refractivity contribution in [2.75, 3.05) is 25.4 Å². The number of rotatable bonds is 3. The van der Waals surface area contributed by atoms with Gasteiger partial charge in [-0.05, 0) is 12.1 Å². The first-order chi connectivity index (χ1) is 8.83. The van der Waals surface area contributed by atoms with E-state index in [1.807, 2.05) is 12.1 Å². The highest BCUT2D eigenvalue weighted by molar-refractivity contribution is 7.91. The number of ether oxygens (including phenoxy) is 1. The van der Waals surface area contributed by atoms with Crippen molar-refractivity contribution in [2.24, 2.45) is 0 Å². The molecule has 2 unspecified atom stereocenters. The van der Waals surface area contributed by atoms with Crippen LogP contribution in [-0.2, 0) is 15.9 Å². The number of pyridine rings is 1. The van der Waals surface area contributed by atoms with Crippen LogP contribution in [0.5, 0.6) is 0 Å². The van der Waals surface area contributed by atoms with Crippen LogP contribution in [0.15, 0.2) is 23.5 Å². The molecule has 1 aliphatic heterocycles. The van der Waals surface area contributed by atoms with Gasteiger partial charge in [0, 0.05) is 30.5 Å². The smallest absolute Gasteiger partial charge is 0.323 e. The molecule has 2 aromatic heterocycles. The van der Waals surface area contributed by atoms with Crippen molar-refractivity contribution in [3.8, 4) is 0 Å². The number of imidazole rings is 1. The molecule has 96 valence electrons. The topological polar surface area (TPSA) is 85.9 Å². The molecule has 1 saturated heterocycles. The van der Waals surface area contributed by atoms with Gasteiger partial charge in [0.2, 0.25) is 0 Å². The van der Waals surface area contributed by atoms with Crippen molar-refractivity contribution >= 4 is 22.3 Å². The summed E-state index contributed by atoms with van der Waals surface area (Å²) in [5.41, 5.74) is 1.41. The van der Waals surface area contributed by atoms with E-state index in [0.29, 0.717) is 23.2 Å². The molecule has 0 bridgehead atoms. The van der Waals surface area contributed by atoms with Gasteiger partial charge in [0.1, 0.15) is 11.9 Å². The van der Waals surface area contributed by atoms with Crippen LogP contribution in [-0.4, -0.2) is 51.1 Å². The minimum absolute atomic E-state index is 0.0132. The van der Waals surface area contributed by atoms with Gasteiger partial charge in [-0.1, -0.05) is 0 Å². The van der Waals surface area contributed by atoms with Crippen LogP contribution in [0.1, 0.15) is 0 Å². The fraction of sp³-hybridized carbons (Fsp3) is 0.455. The Morgan fingerprint density at radius 1 is 1.56 bits per heavy atom. The summed E-state index contributed by atoms with van der Waals surface area (Å²) in [6.45, 7) is 2.27. The number of hydrogen-bond donors (Lipinski definition) is 2. The molecule has 2 N–H and O–H groups in total. The third kappa shape index (κ3) is 2.49. The summed E-state index contributed by atoms with van der Waals surface area (Å²) < 4.78 is 17.7. The molecule has 2 aromatic rings. The van der Waals surface area contributed by atoms with Crippen LogP contribution in [0, 0.1) is 0 Å². The monoisotopic (exact) mass is 266 g/mol. The molecule has 1 aliphatic rings. The Hall–Kier alpha value is -1.15. The molecule has 18 heavy (non-hydrogen) atoms. The summed E-state index contributed by atoms with van der Waals surface area (Å²) in [5, 5.41) is 3.69. The highest BCUT2D eigenvalue weighted by Gasteiger charge is 2.24. The Kier molecular flexibility index (Phi) is 3.46. The highest BCUT2D eigenvalue weighted by Crippen LogP contribution is 2.14. The maximum absolute atomic E-state index is 12.2. The first-order valence-corrected chi connectivity index (χ1v) is 7.16. The second-order valence-corrected chi connectivity index (χ2v) is 5.54. The summed E-state index contributed by atoms with van der Waals surface area (Å²) in [7, 11) is 0. The number of nitrogens with zero attached hydrogens (tertiary/aromatic N) is 2. The van der Waals surface area contributed by atoms with Crippen molar-refractivity contribution in [2.45, 2.75) is 11.3 Å². The first-order valence-electron chi connectivity index (χ1n) is 5.84. The van der Waals surface area contributed by atoms with Crippen LogP contribution in [0.4, 0.5) is 0 Å². The van der Waals surface area contributed by atoms with Crippen molar-refractivity contribution in [1.82, 2.24) is 20.3 Å². The lowest BCUT2D eigenvalue weighted by atomic mass is 10.3. The summed E-state index contributed by atoms with van der Waals surface area (Å²) in [6, 6.07) is 3.69. The lowest BCUT2D eigenvalue weighted by Gasteiger charge is -2.23. The number of fused-ring (bicyclic) bond motifs is 1. The lowest BCUT2D eigenvalue weighted by Crippen LogP contribution is -2.42. The van der Waals surface area contributed by atoms with Crippen LogP contribution < -0.4 is 5.32 Å². The van der Waals surface area contributed by atoms with E-state index in [0.717, 1.165) is 18.6 Å². The fourth-order valence-electron chi connectivity index (χ4n) is 1.91. The van der Waals surface area contributed by atoms with E-state index in [4.69, 9.17) is 4.74 Å². The molecule has 0 aromatic carbocycles. The Bertz CT molecular complexity index is 493. The number of aromatic amines is 1. The van der Waals surface area contributed by atoms with E-state index in [1.165, 1.54) is 0 Å². The molecule has 1 fully saturated rings. The van der Waals surface area contributed by atoms with E-state index < -0.39 is 11.2 Å². The third-order valence-electron chi connectivity index (χ3n) is 2.79. The van der Waals surface area contributed by atoms with Gasteiger partial charge in [0.05, 0.1) is 12.1 Å². The molecule has 0 saturated carbocycles. The zero-order chi connectivity index (χ0) is 12.4. The van der Waals surface area contributed by atoms with Crippen LogP contribution in [0.3, 0.4) is 0 Å². The minimum atomic E-state index is -1.19. The largest absolute Gasteiger partial charge is 0.609 e. The highest BCUT2D eigenvalue weighted by atomic mass is 32.2.